The minimum absolute atomic E-state index is 0.0332. The highest BCUT2D eigenvalue weighted by Crippen LogP contribution is 2.24. The molecule has 0 aliphatic rings. The first-order valence-electron chi connectivity index (χ1n) is 6.31. The normalized spacial score (nSPS) is 12.2. The van der Waals surface area contributed by atoms with Crippen LogP contribution in [-0.4, -0.2) is 22.8 Å². The predicted octanol–water partition coefficient (Wildman–Crippen LogP) is 2.58. The fraction of sp³-hybridized carbons (Fsp3) is 0.500. The van der Waals surface area contributed by atoms with Gasteiger partial charge in [0.25, 0.3) is 0 Å². The zero-order valence-corrected chi connectivity index (χ0v) is 11.8. The molecule has 1 unspecified atom stereocenters. The lowest BCUT2D eigenvalue weighted by Gasteiger charge is -2.12. The van der Waals surface area contributed by atoms with Gasteiger partial charge in [0.05, 0.1) is 11.9 Å². The molecule has 3 nitrogen and oxygen atoms in total. The van der Waals surface area contributed by atoms with Crippen molar-refractivity contribution in [2.75, 3.05) is 6.54 Å². The summed E-state index contributed by atoms with van der Waals surface area (Å²) in [5, 5.41) is 11.9. The number of rotatable bonds is 7. The van der Waals surface area contributed by atoms with E-state index < -0.39 is 0 Å². The van der Waals surface area contributed by atoms with Crippen molar-refractivity contribution in [3.05, 3.63) is 29.8 Å². The van der Waals surface area contributed by atoms with E-state index in [1.54, 1.807) is 0 Å². The van der Waals surface area contributed by atoms with E-state index >= 15 is 0 Å². The first-order valence-corrected chi connectivity index (χ1v) is 7.19. The van der Waals surface area contributed by atoms with Crippen molar-refractivity contribution < 1.29 is 9.90 Å². The average molecular weight is 267 g/mol. The molecule has 0 radical (unpaired) electrons. The van der Waals surface area contributed by atoms with Crippen molar-refractivity contribution in [1.82, 2.24) is 5.32 Å². The summed E-state index contributed by atoms with van der Waals surface area (Å²) in [5.41, 5.74) is 0.874. The molecule has 0 bridgehead atoms. The Kier molecular flexibility index (Phi) is 6.83. The molecule has 0 aromatic heterocycles. The lowest BCUT2D eigenvalue weighted by molar-refractivity contribution is -0.120. The molecule has 0 saturated carbocycles. The van der Waals surface area contributed by atoms with Crippen LogP contribution in [0.15, 0.2) is 29.2 Å². The zero-order chi connectivity index (χ0) is 13.4. The number of hydrogen-bond acceptors (Lipinski definition) is 3. The van der Waals surface area contributed by atoms with E-state index in [9.17, 15) is 4.79 Å². The maximum absolute atomic E-state index is 11.8. The molecule has 1 rings (SSSR count). The quantitative estimate of drug-likeness (QED) is 0.589. The lowest BCUT2D eigenvalue weighted by Crippen LogP contribution is -2.31. The van der Waals surface area contributed by atoms with Gasteiger partial charge in [-0.15, -0.1) is 11.8 Å². The molecule has 1 amide bonds. The summed E-state index contributed by atoms with van der Waals surface area (Å²) < 4.78 is 0. The molecule has 0 saturated heterocycles. The molecular weight excluding hydrogens is 246 g/mol. The van der Waals surface area contributed by atoms with Gasteiger partial charge < -0.3 is 10.4 Å². The fourth-order valence-electron chi connectivity index (χ4n) is 1.51. The summed E-state index contributed by atoms with van der Waals surface area (Å²) in [6.07, 6.45) is 2.10. The maximum atomic E-state index is 11.8. The maximum Gasteiger partial charge on any atom is 0.233 e. The van der Waals surface area contributed by atoms with Crippen LogP contribution in [0.4, 0.5) is 0 Å². The number of hydrogen-bond donors (Lipinski definition) is 2. The van der Waals surface area contributed by atoms with Crippen LogP contribution in [-0.2, 0) is 11.4 Å². The van der Waals surface area contributed by atoms with Crippen molar-refractivity contribution in [3.8, 4) is 0 Å². The van der Waals surface area contributed by atoms with Crippen molar-refractivity contribution in [2.24, 2.45) is 0 Å². The summed E-state index contributed by atoms with van der Waals surface area (Å²) in [7, 11) is 0. The van der Waals surface area contributed by atoms with Crippen molar-refractivity contribution in [2.45, 2.75) is 43.4 Å². The molecule has 0 fully saturated rings. The van der Waals surface area contributed by atoms with Gasteiger partial charge in [0.15, 0.2) is 0 Å². The van der Waals surface area contributed by atoms with E-state index in [0.29, 0.717) is 0 Å². The molecule has 18 heavy (non-hydrogen) atoms. The second-order valence-corrected chi connectivity index (χ2v) is 5.62. The summed E-state index contributed by atoms with van der Waals surface area (Å²) in [4.78, 5) is 12.8. The molecule has 4 heteroatoms. The van der Waals surface area contributed by atoms with Crippen LogP contribution >= 0.6 is 11.8 Å². The Bertz CT molecular complexity index is 382. The highest BCUT2D eigenvalue weighted by atomic mass is 32.2. The van der Waals surface area contributed by atoms with E-state index in [0.717, 1.165) is 29.8 Å². The second-order valence-electron chi connectivity index (χ2n) is 4.21. The molecular formula is C14H21NO2S. The van der Waals surface area contributed by atoms with Gasteiger partial charge in [-0.2, -0.15) is 0 Å². The summed E-state index contributed by atoms with van der Waals surface area (Å²) in [6, 6.07) is 7.64. The van der Waals surface area contributed by atoms with Gasteiger partial charge in [-0.05, 0) is 31.0 Å². The third kappa shape index (κ3) is 5.10. The highest BCUT2D eigenvalue weighted by Gasteiger charge is 2.13. The van der Waals surface area contributed by atoms with Crippen LogP contribution in [0.25, 0.3) is 0 Å². The minimum atomic E-state index is -0.115. The smallest absolute Gasteiger partial charge is 0.233 e. The van der Waals surface area contributed by atoms with E-state index in [-0.39, 0.29) is 17.8 Å². The number of aliphatic hydroxyl groups excluding tert-OH is 1. The monoisotopic (exact) mass is 267 g/mol. The zero-order valence-electron chi connectivity index (χ0n) is 11.0. The molecule has 0 spiro atoms. The van der Waals surface area contributed by atoms with Crippen molar-refractivity contribution in [3.63, 3.8) is 0 Å². The number of amides is 1. The third-order valence-corrected chi connectivity index (χ3v) is 3.69. The average Bonchev–Trinajstić information content (AvgIpc) is 2.39. The van der Waals surface area contributed by atoms with Crippen molar-refractivity contribution >= 4 is 17.7 Å². The first kappa shape index (κ1) is 15.1. The number of carbonyl (C=O) groups excluding carboxylic acids is 1. The Hall–Kier alpha value is -1.00. The van der Waals surface area contributed by atoms with Gasteiger partial charge in [-0.25, -0.2) is 0 Å². The number of nitrogens with one attached hydrogen (secondary N) is 1. The number of thioether (sulfide) groups is 1. The van der Waals surface area contributed by atoms with E-state index in [4.69, 9.17) is 5.11 Å². The van der Waals surface area contributed by atoms with Gasteiger partial charge in [0, 0.05) is 11.4 Å². The van der Waals surface area contributed by atoms with E-state index in [1.165, 1.54) is 11.8 Å². The van der Waals surface area contributed by atoms with E-state index in [2.05, 4.69) is 12.2 Å². The van der Waals surface area contributed by atoms with Crippen LogP contribution in [0.3, 0.4) is 0 Å². The van der Waals surface area contributed by atoms with Crippen LogP contribution < -0.4 is 5.32 Å². The number of carbonyl (C=O) groups is 1. The number of unbranched alkanes of at least 4 members (excludes halogenated alkanes) is 1. The predicted molar refractivity (Wildman–Crippen MR) is 75.6 cm³/mol. The van der Waals surface area contributed by atoms with Crippen LogP contribution in [0, 0.1) is 0 Å². The topological polar surface area (TPSA) is 49.3 Å². The minimum Gasteiger partial charge on any atom is -0.392 e. The molecule has 100 valence electrons. The van der Waals surface area contributed by atoms with E-state index in [1.807, 2.05) is 31.2 Å². The Morgan fingerprint density at radius 3 is 2.94 bits per heavy atom. The highest BCUT2D eigenvalue weighted by molar-refractivity contribution is 8.00. The SMILES string of the molecule is CCCCNC(=O)C(C)Sc1cccc(CO)c1. The third-order valence-electron chi connectivity index (χ3n) is 2.59. The van der Waals surface area contributed by atoms with Gasteiger partial charge in [0.1, 0.15) is 0 Å². The Balaban J connectivity index is 2.47. The summed E-state index contributed by atoms with van der Waals surface area (Å²) in [6.45, 7) is 4.78. The second kappa shape index (κ2) is 8.16. The first-order chi connectivity index (χ1) is 8.67. The number of benzene rings is 1. The molecule has 1 aromatic rings. The Morgan fingerprint density at radius 2 is 2.28 bits per heavy atom. The Labute approximate surface area is 113 Å². The molecule has 0 heterocycles. The standard InChI is InChI=1S/C14H21NO2S/c1-3-4-8-15-14(17)11(2)18-13-7-5-6-12(9-13)10-16/h5-7,9,11,16H,3-4,8,10H2,1-2H3,(H,15,17). The number of aliphatic hydroxyl groups is 1. The van der Waals surface area contributed by atoms with Crippen LogP contribution in [0.5, 0.6) is 0 Å². The van der Waals surface area contributed by atoms with Gasteiger partial charge in [0.2, 0.25) is 5.91 Å². The molecule has 1 atom stereocenters. The summed E-state index contributed by atoms with van der Waals surface area (Å²) in [5.74, 6) is 0.0721. The molecule has 2 N–H and O–H groups in total. The Morgan fingerprint density at radius 1 is 1.50 bits per heavy atom. The van der Waals surface area contributed by atoms with Crippen LogP contribution in [0.1, 0.15) is 32.3 Å². The summed E-state index contributed by atoms with van der Waals surface area (Å²) >= 11 is 1.52. The van der Waals surface area contributed by atoms with Gasteiger partial charge in [-0.3, -0.25) is 4.79 Å². The van der Waals surface area contributed by atoms with Crippen LogP contribution in [0.2, 0.25) is 0 Å². The van der Waals surface area contributed by atoms with Gasteiger partial charge in [-0.1, -0.05) is 25.5 Å². The largest absolute Gasteiger partial charge is 0.392 e. The molecule has 1 aromatic carbocycles. The molecule has 0 aliphatic carbocycles. The molecule has 0 aliphatic heterocycles. The van der Waals surface area contributed by atoms with Gasteiger partial charge >= 0.3 is 0 Å². The van der Waals surface area contributed by atoms with Crippen molar-refractivity contribution in [1.29, 1.82) is 0 Å². The lowest BCUT2D eigenvalue weighted by atomic mass is 10.2. The fourth-order valence-corrected chi connectivity index (χ4v) is 2.48.